The molecule has 1 rings (SSSR count). The first-order valence-electron chi connectivity index (χ1n) is 6.34. The van der Waals surface area contributed by atoms with Crippen LogP contribution in [0.25, 0.3) is 0 Å². The third-order valence-corrected chi connectivity index (χ3v) is 2.89. The molecule has 0 bridgehead atoms. The van der Waals surface area contributed by atoms with E-state index in [1.807, 2.05) is 12.1 Å². The van der Waals surface area contributed by atoms with E-state index in [0.29, 0.717) is 18.8 Å². The third kappa shape index (κ3) is 5.20. The van der Waals surface area contributed by atoms with Gasteiger partial charge < -0.3 is 9.47 Å². The molecule has 0 aliphatic rings. The molecule has 0 aliphatic heterocycles. The molecule has 0 aliphatic carbocycles. The lowest BCUT2D eigenvalue weighted by molar-refractivity contribution is -0.0241. The number of nitriles is 1. The zero-order valence-corrected chi connectivity index (χ0v) is 11.4. The van der Waals surface area contributed by atoms with E-state index in [1.165, 1.54) is 0 Å². The SMILES string of the molecule is CCC(C)(C)OCCCOc1ccc(C#N)cc1. The molecule has 3 nitrogen and oxygen atoms in total. The molecule has 0 heterocycles. The molecule has 0 saturated carbocycles. The third-order valence-electron chi connectivity index (χ3n) is 2.89. The number of hydrogen-bond acceptors (Lipinski definition) is 3. The van der Waals surface area contributed by atoms with E-state index < -0.39 is 0 Å². The molecule has 0 atom stereocenters. The molecule has 0 spiro atoms. The summed E-state index contributed by atoms with van der Waals surface area (Å²) in [5.74, 6) is 0.795. The second-order valence-electron chi connectivity index (χ2n) is 4.80. The fraction of sp³-hybridized carbons (Fsp3) is 0.533. The van der Waals surface area contributed by atoms with Gasteiger partial charge in [0, 0.05) is 6.42 Å². The van der Waals surface area contributed by atoms with E-state index in [-0.39, 0.29) is 5.60 Å². The fourth-order valence-electron chi connectivity index (χ4n) is 1.33. The molecule has 0 N–H and O–H groups in total. The van der Waals surface area contributed by atoms with Crippen molar-refractivity contribution in [3.05, 3.63) is 29.8 Å². The van der Waals surface area contributed by atoms with Gasteiger partial charge in [0.25, 0.3) is 0 Å². The normalized spacial score (nSPS) is 11.0. The second-order valence-corrected chi connectivity index (χ2v) is 4.80. The highest BCUT2D eigenvalue weighted by molar-refractivity contribution is 5.34. The maximum Gasteiger partial charge on any atom is 0.119 e. The van der Waals surface area contributed by atoms with Gasteiger partial charge in [-0.05, 0) is 44.5 Å². The summed E-state index contributed by atoms with van der Waals surface area (Å²) in [6.07, 6.45) is 1.87. The van der Waals surface area contributed by atoms with Crippen molar-refractivity contribution >= 4 is 0 Å². The van der Waals surface area contributed by atoms with E-state index in [0.717, 1.165) is 18.6 Å². The topological polar surface area (TPSA) is 42.2 Å². The van der Waals surface area contributed by atoms with Gasteiger partial charge in [-0.2, -0.15) is 5.26 Å². The maximum atomic E-state index is 8.67. The van der Waals surface area contributed by atoms with Crippen LogP contribution in [-0.4, -0.2) is 18.8 Å². The van der Waals surface area contributed by atoms with Crippen LogP contribution in [0.2, 0.25) is 0 Å². The molecule has 0 unspecified atom stereocenters. The standard InChI is InChI=1S/C15H21NO2/c1-4-15(2,3)18-11-5-10-17-14-8-6-13(12-16)7-9-14/h6-9H,4-5,10-11H2,1-3H3. The van der Waals surface area contributed by atoms with Crippen LogP contribution in [0.15, 0.2) is 24.3 Å². The van der Waals surface area contributed by atoms with Crippen molar-refractivity contribution in [2.24, 2.45) is 0 Å². The predicted octanol–water partition coefficient (Wildman–Crippen LogP) is 3.53. The summed E-state index contributed by atoms with van der Waals surface area (Å²) in [6, 6.07) is 9.22. The predicted molar refractivity (Wildman–Crippen MR) is 71.6 cm³/mol. The van der Waals surface area contributed by atoms with E-state index in [2.05, 4.69) is 26.8 Å². The minimum absolute atomic E-state index is 0.0472. The summed E-state index contributed by atoms with van der Waals surface area (Å²) >= 11 is 0. The number of benzene rings is 1. The summed E-state index contributed by atoms with van der Waals surface area (Å²) in [5.41, 5.74) is 0.601. The quantitative estimate of drug-likeness (QED) is 0.692. The smallest absolute Gasteiger partial charge is 0.119 e. The Morgan fingerprint density at radius 2 is 1.83 bits per heavy atom. The molecular formula is C15H21NO2. The monoisotopic (exact) mass is 247 g/mol. The Bertz CT molecular complexity index is 390. The first kappa shape index (κ1) is 14.5. The lowest BCUT2D eigenvalue weighted by Crippen LogP contribution is -2.24. The van der Waals surface area contributed by atoms with Crippen LogP contribution in [0, 0.1) is 11.3 Å². The Hall–Kier alpha value is -1.53. The highest BCUT2D eigenvalue weighted by Crippen LogP contribution is 2.14. The molecule has 3 heteroatoms. The summed E-state index contributed by atoms with van der Waals surface area (Å²) in [4.78, 5) is 0. The molecule has 18 heavy (non-hydrogen) atoms. The van der Waals surface area contributed by atoms with Crippen molar-refractivity contribution in [3.8, 4) is 11.8 Å². The summed E-state index contributed by atoms with van der Waals surface area (Å²) in [5, 5.41) is 8.67. The van der Waals surface area contributed by atoms with E-state index >= 15 is 0 Å². The molecule has 0 fully saturated rings. The fourth-order valence-corrected chi connectivity index (χ4v) is 1.33. The number of rotatable bonds is 7. The van der Waals surface area contributed by atoms with Gasteiger partial charge in [-0.15, -0.1) is 0 Å². The average molecular weight is 247 g/mol. The molecule has 1 aromatic rings. The summed E-state index contributed by atoms with van der Waals surface area (Å²) in [7, 11) is 0. The van der Waals surface area contributed by atoms with Gasteiger partial charge >= 0.3 is 0 Å². The Morgan fingerprint density at radius 3 is 2.39 bits per heavy atom. The van der Waals surface area contributed by atoms with Crippen LogP contribution in [0.1, 0.15) is 39.2 Å². The van der Waals surface area contributed by atoms with Gasteiger partial charge in [0.05, 0.1) is 30.4 Å². The van der Waals surface area contributed by atoms with Gasteiger partial charge in [0.1, 0.15) is 5.75 Å². The lowest BCUT2D eigenvalue weighted by Gasteiger charge is -2.23. The summed E-state index contributed by atoms with van der Waals surface area (Å²) in [6.45, 7) is 7.64. The maximum absolute atomic E-state index is 8.67. The molecule has 0 saturated heterocycles. The number of nitrogens with zero attached hydrogens (tertiary/aromatic N) is 1. The first-order valence-corrected chi connectivity index (χ1v) is 6.34. The van der Waals surface area contributed by atoms with Crippen LogP contribution < -0.4 is 4.74 Å². The zero-order valence-electron chi connectivity index (χ0n) is 11.4. The van der Waals surface area contributed by atoms with Gasteiger partial charge in [-0.3, -0.25) is 0 Å². The van der Waals surface area contributed by atoms with Gasteiger partial charge in [-0.25, -0.2) is 0 Å². The molecule has 1 aromatic carbocycles. The highest BCUT2D eigenvalue weighted by atomic mass is 16.5. The molecule has 0 amide bonds. The lowest BCUT2D eigenvalue weighted by atomic mass is 10.1. The van der Waals surface area contributed by atoms with Crippen molar-refractivity contribution in [1.29, 1.82) is 5.26 Å². The van der Waals surface area contributed by atoms with E-state index in [1.54, 1.807) is 12.1 Å². The van der Waals surface area contributed by atoms with Crippen molar-refractivity contribution in [2.75, 3.05) is 13.2 Å². The molecule has 0 radical (unpaired) electrons. The van der Waals surface area contributed by atoms with Gasteiger partial charge in [0.15, 0.2) is 0 Å². The molecule has 0 aromatic heterocycles. The average Bonchev–Trinajstić information content (AvgIpc) is 2.39. The van der Waals surface area contributed by atoms with E-state index in [4.69, 9.17) is 14.7 Å². The van der Waals surface area contributed by atoms with Crippen LogP contribution >= 0.6 is 0 Å². The Balaban J connectivity index is 2.20. The van der Waals surface area contributed by atoms with Gasteiger partial charge in [-0.1, -0.05) is 6.92 Å². The molecular weight excluding hydrogens is 226 g/mol. The van der Waals surface area contributed by atoms with Crippen LogP contribution in [0.4, 0.5) is 0 Å². The van der Waals surface area contributed by atoms with Crippen molar-refractivity contribution in [2.45, 2.75) is 39.2 Å². The Kier molecular flexibility index (Phi) is 5.67. The zero-order chi connectivity index (χ0) is 13.4. The number of hydrogen-bond donors (Lipinski definition) is 0. The van der Waals surface area contributed by atoms with E-state index in [9.17, 15) is 0 Å². The summed E-state index contributed by atoms with van der Waals surface area (Å²) < 4.78 is 11.3. The second kappa shape index (κ2) is 7.03. The highest BCUT2D eigenvalue weighted by Gasteiger charge is 2.14. The van der Waals surface area contributed by atoms with Crippen LogP contribution in [-0.2, 0) is 4.74 Å². The van der Waals surface area contributed by atoms with Gasteiger partial charge in [0.2, 0.25) is 0 Å². The van der Waals surface area contributed by atoms with Crippen molar-refractivity contribution in [3.63, 3.8) is 0 Å². The van der Waals surface area contributed by atoms with Crippen LogP contribution in [0.3, 0.4) is 0 Å². The first-order chi connectivity index (χ1) is 8.57. The Labute approximate surface area is 109 Å². The van der Waals surface area contributed by atoms with Crippen molar-refractivity contribution < 1.29 is 9.47 Å². The minimum Gasteiger partial charge on any atom is -0.494 e. The minimum atomic E-state index is -0.0472. The number of ether oxygens (including phenoxy) is 2. The van der Waals surface area contributed by atoms with Crippen LogP contribution in [0.5, 0.6) is 5.75 Å². The Morgan fingerprint density at radius 1 is 1.17 bits per heavy atom. The van der Waals surface area contributed by atoms with Crippen molar-refractivity contribution in [1.82, 2.24) is 0 Å². The largest absolute Gasteiger partial charge is 0.494 e. The molecule has 98 valence electrons.